The van der Waals surface area contributed by atoms with Crippen molar-refractivity contribution < 1.29 is 42.4 Å². The molecule has 0 radical (unpaired) electrons. The zero-order chi connectivity index (χ0) is 22.9. The van der Waals surface area contributed by atoms with Crippen LogP contribution in [-0.4, -0.2) is 66.0 Å². The number of fused-ring (bicyclic) bond motifs is 1. The molecule has 2 aromatic carbocycles. The van der Waals surface area contributed by atoms with Gasteiger partial charge in [-0.25, -0.2) is 4.39 Å². The van der Waals surface area contributed by atoms with Crippen LogP contribution in [0.2, 0.25) is 0 Å². The molecule has 1 heterocycles. The molecule has 2 amide bonds. The van der Waals surface area contributed by atoms with E-state index in [1.54, 1.807) is 32.4 Å². The van der Waals surface area contributed by atoms with Crippen molar-refractivity contribution in [3.63, 3.8) is 0 Å². The Hall–Kier alpha value is -3.05. The van der Waals surface area contributed by atoms with E-state index in [9.17, 15) is 14.0 Å². The minimum atomic E-state index is -0.688. The van der Waals surface area contributed by atoms with Crippen LogP contribution in [0.25, 0.3) is 11.1 Å². The van der Waals surface area contributed by atoms with Crippen molar-refractivity contribution in [2.45, 2.75) is 0 Å². The van der Waals surface area contributed by atoms with Crippen molar-refractivity contribution in [1.29, 1.82) is 0 Å². The molecule has 0 saturated carbocycles. The summed E-state index contributed by atoms with van der Waals surface area (Å²) >= 11 is 0. The molecule has 1 N–H and O–H groups in total. The number of halogens is 1. The van der Waals surface area contributed by atoms with Gasteiger partial charge in [0.25, 0.3) is 11.8 Å². The predicted molar refractivity (Wildman–Crippen MR) is 110 cm³/mol. The Morgan fingerprint density at radius 2 is 1.47 bits per heavy atom. The van der Waals surface area contributed by atoms with Gasteiger partial charge in [0.15, 0.2) is 25.1 Å². The van der Waals surface area contributed by atoms with Crippen molar-refractivity contribution >= 4 is 11.8 Å². The lowest BCUT2D eigenvalue weighted by Crippen LogP contribution is -2.20. The van der Waals surface area contributed by atoms with E-state index in [2.05, 4.69) is 5.32 Å². The first-order valence-electron chi connectivity index (χ1n) is 9.79. The van der Waals surface area contributed by atoms with Crippen LogP contribution in [-0.2, 0) is 18.9 Å². The van der Waals surface area contributed by atoms with Crippen LogP contribution in [0.1, 0.15) is 20.7 Å². The van der Waals surface area contributed by atoms with Gasteiger partial charge in [-0.3, -0.25) is 14.9 Å². The number of carbonyl (C=O) groups is 2. The molecule has 172 valence electrons. The van der Waals surface area contributed by atoms with E-state index in [1.165, 1.54) is 6.07 Å². The Balaban J connectivity index is 1.96. The van der Waals surface area contributed by atoms with Gasteiger partial charge in [0.05, 0.1) is 37.6 Å². The highest BCUT2D eigenvalue weighted by Gasteiger charge is 2.33. The summed E-state index contributed by atoms with van der Waals surface area (Å²) < 4.78 is 46.9. The molecular weight excluding hydrogens is 425 g/mol. The SMILES string of the molecule is COCCOCOc1cccc(-c2c(F)ccc3c2C(=O)NC3=O)c1OCOCCOC. The molecule has 0 fully saturated rings. The Morgan fingerprint density at radius 1 is 0.781 bits per heavy atom. The fourth-order valence-electron chi connectivity index (χ4n) is 3.08. The average Bonchev–Trinajstić information content (AvgIpc) is 3.07. The van der Waals surface area contributed by atoms with E-state index in [-0.39, 0.29) is 53.9 Å². The molecule has 32 heavy (non-hydrogen) atoms. The van der Waals surface area contributed by atoms with Crippen molar-refractivity contribution in [2.24, 2.45) is 0 Å². The number of methoxy groups -OCH3 is 2. The molecule has 0 atom stereocenters. The number of hydrogen-bond donors (Lipinski definition) is 1. The molecule has 0 aliphatic carbocycles. The highest BCUT2D eigenvalue weighted by molar-refractivity contribution is 6.24. The van der Waals surface area contributed by atoms with Gasteiger partial charge in [-0.15, -0.1) is 0 Å². The monoisotopic (exact) mass is 449 g/mol. The number of para-hydroxylation sites is 1. The molecule has 0 unspecified atom stereocenters. The number of rotatable bonds is 13. The average molecular weight is 449 g/mol. The second-order valence-corrected chi connectivity index (χ2v) is 6.59. The number of benzene rings is 2. The van der Waals surface area contributed by atoms with E-state index in [0.29, 0.717) is 19.8 Å². The van der Waals surface area contributed by atoms with Crippen LogP contribution in [0.3, 0.4) is 0 Å². The summed E-state index contributed by atoms with van der Waals surface area (Å²) in [5.74, 6) is -1.57. The van der Waals surface area contributed by atoms with Crippen LogP contribution in [0.4, 0.5) is 4.39 Å². The first-order chi connectivity index (χ1) is 15.6. The van der Waals surface area contributed by atoms with Crippen molar-refractivity contribution in [1.82, 2.24) is 5.32 Å². The van der Waals surface area contributed by atoms with E-state index < -0.39 is 17.6 Å². The molecule has 3 rings (SSSR count). The number of hydrogen-bond acceptors (Lipinski definition) is 8. The van der Waals surface area contributed by atoms with Gasteiger partial charge in [0, 0.05) is 25.3 Å². The summed E-state index contributed by atoms with van der Waals surface area (Å²) in [4.78, 5) is 24.4. The van der Waals surface area contributed by atoms with Crippen molar-refractivity contribution in [2.75, 3.05) is 54.2 Å². The maximum Gasteiger partial charge on any atom is 0.259 e. The van der Waals surface area contributed by atoms with Crippen LogP contribution < -0.4 is 14.8 Å². The first kappa shape index (κ1) is 23.6. The Kier molecular flexibility index (Phi) is 8.51. The molecule has 9 nitrogen and oxygen atoms in total. The fraction of sp³-hybridized carbons (Fsp3) is 0.364. The third kappa shape index (κ3) is 5.40. The molecular formula is C22H24FNO8. The summed E-state index contributed by atoms with van der Waals surface area (Å²) in [6.07, 6.45) is 0. The summed E-state index contributed by atoms with van der Waals surface area (Å²) in [6.45, 7) is 1.07. The second kappa shape index (κ2) is 11.5. The molecule has 0 saturated heterocycles. The summed E-state index contributed by atoms with van der Waals surface area (Å²) in [5.41, 5.74) is 0.189. The molecule has 0 spiro atoms. The van der Waals surface area contributed by atoms with Crippen LogP contribution in [0.15, 0.2) is 30.3 Å². The minimum Gasteiger partial charge on any atom is -0.464 e. The lowest BCUT2D eigenvalue weighted by atomic mass is 9.95. The van der Waals surface area contributed by atoms with Gasteiger partial charge in [-0.1, -0.05) is 12.1 Å². The van der Waals surface area contributed by atoms with Gasteiger partial charge in [0.2, 0.25) is 0 Å². The smallest absolute Gasteiger partial charge is 0.259 e. The van der Waals surface area contributed by atoms with Gasteiger partial charge in [-0.2, -0.15) is 0 Å². The highest BCUT2D eigenvalue weighted by Crippen LogP contribution is 2.42. The minimum absolute atomic E-state index is 0.0614. The third-order valence-electron chi connectivity index (χ3n) is 4.55. The van der Waals surface area contributed by atoms with E-state index >= 15 is 0 Å². The summed E-state index contributed by atoms with van der Waals surface area (Å²) in [7, 11) is 3.09. The molecule has 0 bridgehead atoms. The maximum atomic E-state index is 14.9. The van der Waals surface area contributed by atoms with Crippen LogP contribution in [0, 0.1) is 5.82 Å². The molecule has 2 aromatic rings. The van der Waals surface area contributed by atoms with Crippen LogP contribution in [0.5, 0.6) is 11.5 Å². The zero-order valence-electron chi connectivity index (χ0n) is 17.8. The van der Waals surface area contributed by atoms with Crippen molar-refractivity contribution in [3.05, 3.63) is 47.3 Å². The normalized spacial score (nSPS) is 12.6. The fourth-order valence-corrected chi connectivity index (χ4v) is 3.08. The zero-order valence-corrected chi connectivity index (χ0v) is 17.8. The topological polar surface area (TPSA) is 102 Å². The molecule has 10 heteroatoms. The number of imide groups is 1. The Bertz CT molecular complexity index is 965. The lowest BCUT2D eigenvalue weighted by molar-refractivity contribution is -0.0205. The van der Waals surface area contributed by atoms with Crippen LogP contribution >= 0.6 is 0 Å². The third-order valence-corrected chi connectivity index (χ3v) is 4.55. The summed E-state index contributed by atoms with van der Waals surface area (Å²) in [5, 5.41) is 2.19. The lowest BCUT2D eigenvalue weighted by Gasteiger charge is -2.18. The number of nitrogens with one attached hydrogen (secondary N) is 1. The Labute approximate surface area is 184 Å². The molecule has 0 aromatic heterocycles. The van der Waals surface area contributed by atoms with E-state index in [4.69, 9.17) is 28.4 Å². The van der Waals surface area contributed by atoms with Gasteiger partial charge >= 0.3 is 0 Å². The number of ether oxygens (including phenoxy) is 6. The molecule has 1 aliphatic heterocycles. The van der Waals surface area contributed by atoms with Gasteiger partial charge < -0.3 is 28.4 Å². The Morgan fingerprint density at radius 3 is 2.16 bits per heavy atom. The van der Waals surface area contributed by atoms with Gasteiger partial charge in [-0.05, 0) is 18.2 Å². The largest absolute Gasteiger partial charge is 0.464 e. The second-order valence-electron chi connectivity index (χ2n) is 6.59. The maximum absolute atomic E-state index is 14.9. The summed E-state index contributed by atoms with van der Waals surface area (Å²) in [6, 6.07) is 7.20. The van der Waals surface area contributed by atoms with E-state index in [1.807, 2.05) is 0 Å². The first-order valence-corrected chi connectivity index (χ1v) is 9.79. The van der Waals surface area contributed by atoms with Crippen molar-refractivity contribution in [3.8, 4) is 22.6 Å². The van der Waals surface area contributed by atoms with E-state index in [0.717, 1.165) is 6.07 Å². The molecule has 1 aliphatic rings. The highest BCUT2D eigenvalue weighted by atomic mass is 19.1. The number of amides is 2. The predicted octanol–water partition coefficient (Wildman–Crippen LogP) is 2.37. The standard InChI is InChI=1S/C22H24FNO8/c1-27-8-10-29-12-31-17-5-3-4-14(20(17)32-13-30-11-9-28-2)18-16(23)7-6-15-19(18)22(26)24-21(15)25/h3-7H,8-13H2,1-2H3,(H,24,25,26). The quantitative estimate of drug-likeness (QED) is 0.283. The number of carbonyl (C=O) groups excluding carboxylic acids is 2. The van der Waals surface area contributed by atoms with Gasteiger partial charge in [0.1, 0.15) is 5.82 Å².